The summed E-state index contributed by atoms with van der Waals surface area (Å²) in [6, 6.07) is 5.42. The Morgan fingerprint density at radius 1 is 1.57 bits per heavy atom. The number of aliphatic imine (C=N–C) groups is 1. The predicted octanol–water partition coefficient (Wildman–Crippen LogP) is 2.64. The van der Waals surface area contributed by atoms with Crippen LogP contribution in [0.15, 0.2) is 23.2 Å². The number of benzene rings is 1. The largest absolute Gasteiger partial charge is 0.495 e. The van der Waals surface area contributed by atoms with Crippen LogP contribution in [0, 0.1) is 5.92 Å². The normalized spacial score (nSPS) is 19.2. The molecule has 0 radical (unpaired) electrons. The van der Waals surface area contributed by atoms with Crippen molar-refractivity contribution < 1.29 is 4.74 Å². The van der Waals surface area contributed by atoms with Gasteiger partial charge in [0.2, 0.25) is 0 Å². The van der Waals surface area contributed by atoms with Gasteiger partial charge in [-0.2, -0.15) is 0 Å². The van der Waals surface area contributed by atoms with Gasteiger partial charge in [-0.15, -0.1) is 24.0 Å². The van der Waals surface area contributed by atoms with Gasteiger partial charge in [0.25, 0.3) is 0 Å². The summed E-state index contributed by atoms with van der Waals surface area (Å²) in [5.74, 6) is 1.65. The van der Waals surface area contributed by atoms with Gasteiger partial charge in [-0.3, -0.25) is 4.99 Å². The van der Waals surface area contributed by atoms with Crippen molar-refractivity contribution in [3.8, 4) is 5.75 Å². The van der Waals surface area contributed by atoms with Crippen LogP contribution in [0.4, 0.5) is 5.69 Å². The van der Waals surface area contributed by atoms with E-state index in [1.54, 1.807) is 19.2 Å². The number of halogens is 2. The van der Waals surface area contributed by atoms with Gasteiger partial charge in [-0.05, 0) is 44.1 Å². The molecule has 0 spiro atoms. The zero-order chi connectivity index (χ0) is 14.5. The summed E-state index contributed by atoms with van der Waals surface area (Å²) in [5, 5.41) is 3.59. The van der Waals surface area contributed by atoms with E-state index in [2.05, 4.69) is 22.3 Å². The molecule has 7 heteroatoms. The first-order valence-electron chi connectivity index (χ1n) is 6.67. The summed E-state index contributed by atoms with van der Waals surface area (Å²) in [6.07, 6.45) is 1.18. The molecule has 0 aromatic heterocycles. The molecule has 3 N–H and O–H groups in total. The molecule has 2 rings (SSSR count). The lowest BCUT2D eigenvalue weighted by atomic mass is 10.1. The van der Waals surface area contributed by atoms with Crippen molar-refractivity contribution in [2.24, 2.45) is 16.6 Å². The molecule has 1 unspecified atom stereocenters. The van der Waals surface area contributed by atoms with Crippen LogP contribution in [0.2, 0.25) is 5.02 Å². The lowest BCUT2D eigenvalue weighted by Crippen LogP contribution is -2.24. The fourth-order valence-electron chi connectivity index (χ4n) is 2.33. The molecule has 0 amide bonds. The third-order valence-corrected chi connectivity index (χ3v) is 3.73. The van der Waals surface area contributed by atoms with Crippen LogP contribution in [0.1, 0.15) is 6.42 Å². The highest BCUT2D eigenvalue weighted by Crippen LogP contribution is 2.27. The zero-order valence-electron chi connectivity index (χ0n) is 12.3. The number of likely N-dealkylation sites (tertiary alicyclic amines) is 1. The Bertz CT molecular complexity index is 498. The number of rotatable bonds is 4. The Morgan fingerprint density at radius 3 is 2.90 bits per heavy atom. The molecule has 1 aromatic carbocycles. The number of nitrogens with zero attached hydrogens (tertiary/aromatic N) is 2. The molecule has 1 fully saturated rings. The number of guanidine groups is 1. The SMILES string of the molecule is COc1ccc(NC(N)=NCC2CCN(C)C2)cc1Cl.I. The average Bonchev–Trinajstić information content (AvgIpc) is 2.82. The van der Waals surface area contributed by atoms with Crippen molar-refractivity contribution in [3.05, 3.63) is 23.2 Å². The number of hydrogen-bond acceptors (Lipinski definition) is 3. The molecule has 5 nitrogen and oxygen atoms in total. The summed E-state index contributed by atoms with van der Waals surface area (Å²) < 4.78 is 5.10. The van der Waals surface area contributed by atoms with Crippen molar-refractivity contribution in [1.29, 1.82) is 0 Å². The van der Waals surface area contributed by atoms with E-state index in [-0.39, 0.29) is 24.0 Å². The first-order chi connectivity index (χ1) is 9.58. The number of nitrogens with two attached hydrogens (primary N) is 1. The number of ether oxygens (including phenoxy) is 1. The van der Waals surface area contributed by atoms with E-state index in [0.29, 0.717) is 22.6 Å². The number of nitrogens with one attached hydrogen (secondary N) is 1. The van der Waals surface area contributed by atoms with Gasteiger partial charge in [0, 0.05) is 18.8 Å². The van der Waals surface area contributed by atoms with Crippen LogP contribution in [0.5, 0.6) is 5.75 Å². The summed E-state index contributed by atoms with van der Waals surface area (Å²) in [4.78, 5) is 6.70. The molecule has 0 aliphatic carbocycles. The molecular weight excluding hydrogens is 403 g/mol. The lowest BCUT2D eigenvalue weighted by Gasteiger charge is -2.10. The Balaban J connectivity index is 0.00000220. The number of hydrogen-bond donors (Lipinski definition) is 2. The highest BCUT2D eigenvalue weighted by atomic mass is 127. The molecule has 1 aliphatic rings. The van der Waals surface area contributed by atoms with Gasteiger partial charge < -0.3 is 20.7 Å². The molecule has 1 heterocycles. The van der Waals surface area contributed by atoms with Crippen LogP contribution in [0.3, 0.4) is 0 Å². The fourth-order valence-corrected chi connectivity index (χ4v) is 2.59. The van der Waals surface area contributed by atoms with Gasteiger partial charge in [-0.1, -0.05) is 11.6 Å². The van der Waals surface area contributed by atoms with Gasteiger partial charge >= 0.3 is 0 Å². The van der Waals surface area contributed by atoms with Gasteiger partial charge in [0.1, 0.15) is 5.75 Å². The van der Waals surface area contributed by atoms with E-state index >= 15 is 0 Å². The molecule has 1 aromatic rings. The lowest BCUT2D eigenvalue weighted by molar-refractivity contribution is 0.397. The minimum absolute atomic E-state index is 0. The van der Waals surface area contributed by atoms with E-state index in [1.807, 2.05) is 6.07 Å². The highest BCUT2D eigenvalue weighted by Gasteiger charge is 2.18. The molecule has 0 saturated carbocycles. The molecular formula is C14H22ClIN4O. The second kappa shape index (κ2) is 8.65. The second-order valence-corrected chi connectivity index (χ2v) is 5.52. The predicted molar refractivity (Wildman–Crippen MR) is 99.1 cm³/mol. The maximum atomic E-state index is 6.06. The van der Waals surface area contributed by atoms with Crippen LogP contribution >= 0.6 is 35.6 Å². The number of anilines is 1. The Morgan fingerprint density at radius 2 is 2.33 bits per heavy atom. The average molecular weight is 425 g/mol. The van der Waals surface area contributed by atoms with E-state index < -0.39 is 0 Å². The summed E-state index contributed by atoms with van der Waals surface area (Å²) >= 11 is 6.06. The Kier molecular flexibility index (Phi) is 7.55. The van der Waals surface area contributed by atoms with E-state index in [4.69, 9.17) is 22.1 Å². The van der Waals surface area contributed by atoms with E-state index in [0.717, 1.165) is 25.3 Å². The molecule has 118 valence electrons. The molecule has 21 heavy (non-hydrogen) atoms. The number of methoxy groups -OCH3 is 1. The quantitative estimate of drug-likeness (QED) is 0.443. The van der Waals surface area contributed by atoms with E-state index in [9.17, 15) is 0 Å². The Hall–Kier alpha value is -0.730. The van der Waals surface area contributed by atoms with E-state index in [1.165, 1.54) is 6.42 Å². The third kappa shape index (κ3) is 5.52. The first-order valence-corrected chi connectivity index (χ1v) is 7.05. The van der Waals surface area contributed by atoms with Gasteiger partial charge in [0.15, 0.2) is 5.96 Å². The highest BCUT2D eigenvalue weighted by molar-refractivity contribution is 14.0. The van der Waals surface area contributed by atoms with Crippen LogP contribution in [-0.2, 0) is 0 Å². The third-order valence-electron chi connectivity index (χ3n) is 3.43. The topological polar surface area (TPSA) is 62.9 Å². The van der Waals surface area contributed by atoms with Gasteiger partial charge in [-0.25, -0.2) is 0 Å². The smallest absolute Gasteiger partial charge is 0.193 e. The van der Waals surface area contributed by atoms with Crippen molar-refractivity contribution in [3.63, 3.8) is 0 Å². The standard InChI is InChI=1S/C14H21ClN4O.HI/c1-19-6-5-10(9-19)8-17-14(16)18-11-3-4-13(20-2)12(15)7-11;/h3-4,7,10H,5-6,8-9H2,1-2H3,(H3,16,17,18);1H. The molecule has 1 aliphatic heterocycles. The molecule has 0 bridgehead atoms. The van der Waals surface area contributed by atoms with Gasteiger partial charge in [0.05, 0.1) is 12.1 Å². The monoisotopic (exact) mass is 424 g/mol. The van der Waals surface area contributed by atoms with Crippen molar-refractivity contribution in [2.75, 3.05) is 39.1 Å². The minimum atomic E-state index is 0. The Labute approximate surface area is 147 Å². The fraction of sp³-hybridized carbons (Fsp3) is 0.500. The summed E-state index contributed by atoms with van der Waals surface area (Å²) in [6.45, 7) is 2.99. The molecule has 1 saturated heterocycles. The maximum absolute atomic E-state index is 6.06. The maximum Gasteiger partial charge on any atom is 0.193 e. The summed E-state index contributed by atoms with van der Waals surface area (Å²) in [5.41, 5.74) is 6.70. The van der Waals surface area contributed by atoms with Crippen molar-refractivity contribution >= 4 is 47.2 Å². The van der Waals surface area contributed by atoms with Crippen molar-refractivity contribution in [2.45, 2.75) is 6.42 Å². The van der Waals surface area contributed by atoms with Crippen LogP contribution in [0.25, 0.3) is 0 Å². The zero-order valence-corrected chi connectivity index (χ0v) is 15.4. The van der Waals surface area contributed by atoms with Crippen LogP contribution < -0.4 is 15.8 Å². The minimum Gasteiger partial charge on any atom is -0.495 e. The second-order valence-electron chi connectivity index (χ2n) is 5.12. The summed E-state index contributed by atoms with van der Waals surface area (Å²) in [7, 11) is 3.72. The van der Waals surface area contributed by atoms with Crippen LogP contribution in [-0.4, -0.2) is 44.7 Å². The first kappa shape index (κ1) is 18.3. The molecule has 1 atom stereocenters. The van der Waals surface area contributed by atoms with Crippen molar-refractivity contribution in [1.82, 2.24) is 4.90 Å².